The van der Waals surface area contributed by atoms with Gasteiger partial charge in [0, 0.05) is 29.4 Å². The van der Waals surface area contributed by atoms with Gasteiger partial charge in [-0.2, -0.15) is 0 Å². The third-order valence-corrected chi connectivity index (χ3v) is 4.98. The van der Waals surface area contributed by atoms with Gasteiger partial charge in [0.25, 0.3) is 0 Å². The first-order valence-electron chi connectivity index (χ1n) is 4.48. The van der Waals surface area contributed by atoms with E-state index in [1.807, 2.05) is 11.6 Å². The number of hydrogen-bond acceptors (Lipinski definition) is 4. The van der Waals surface area contributed by atoms with Gasteiger partial charge in [0.15, 0.2) is 0 Å². The quantitative estimate of drug-likeness (QED) is 0.783. The lowest BCUT2D eigenvalue weighted by molar-refractivity contribution is 0.0685. The van der Waals surface area contributed by atoms with Crippen LogP contribution in [-0.2, 0) is 0 Å². The third kappa shape index (κ3) is 2.06. The van der Waals surface area contributed by atoms with Gasteiger partial charge in [-0.25, -0.2) is 4.98 Å². The summed E-state index contributed by atoms with van der Waals surface area (Å²) in [6, 6.07) is 0. The van der Waals surface area contributed by atoms with Crippen molar-refractivity contribution in [2.45, 2.75) is 23.6 Å². The van der Waals surface area contributed by atoms with Gasteiger partial charge in [0.2, 0.25) is 0 Å². The van der Waals surface area contributed by atoms with E-state index in [1.165, 1.54) is 19.3 Å². The summed E-state index contributed by atoms with van der Waals surface area (Å²) in [6.45, 7) is 0.339. The molecule has 1 aromatic heterocycles. The minimum absolute atomic E-state index is 0.219. The van der Waals surface area contributed by atoms with Crippen molar-refractivity contribution in [3.05, 3.63) is 11.6 Å². The normalized spacial score (nSPS) is 19.8. The lowest BCUT2D eigenvalue weighted by Gasteiger charge is -2.39. The summed E-state index contributed by atoms with van der Waals surface area (Å²) in [6.07, 6.45) is 5.47. The lowest BCUT2D eigenvalue weighted by Crippen LogP contribution is -2.35. The summed E-state index contributed by atoms with van der Waals surface area (Å²) in [5.41, 5.74) is 0.219. The van der Waals surface area contributed by atoms with Gasteiger partial charge in [-0.15, -0.1) is 11.3 Å². The molecule has 0 aromatic carbocycles. The van der Waals surface area contributed by atoms with Gasteiger partial charge >= 0.3 is 0 Å². The number of thioether (sulfide) groups is 1. The van der Waals surface area contributed by atoms with Crippen molar-refractivity contribution in [2.24, 2.45) is 5.41 Å². The first-order chi connectivity index (χ1) is 6.35. The van der Waals surface area contributed by atoms with Crippen LogP contribution in [0.3, 0.4) is 0 Å². The molecule has 72 valence electrons. The van der Waals surface area contributed by atoms with E-state index >= 15 is 0 Å². The number of hydrogen-bond donors (Lipinski definition) is 1. The molecule has 0 amide bonds. The highest BCUT2D eigenvalue weighted by Gasteiger charge is 2.36. The van der Waals surface area contributed by atoms with E-state index in [0.29, 0.717) is 6.61 Å². The van der Waals surface area contributed by atoms with Gasteiger partial charge in [-0.05, 0) is 12.8 Å². The molecule has 13 heavy (non-hydrogen) atoms. The molecule has 0 atom stereocenters. The molecule has 1 heterocycles. The van der Waals surface area contributed by atoms with Crippen molar-refractivity contribution in [1.29, 1.82) is 0 Å². The Kier molecular flexibility index (Phi) is 2.91. The van der Waals surface area contributed by atoms with Gasteiger partial charge in [0.05, 0.1) is 0 Å². The SMILES string of the molecule is OCC1(CSc2nccs2)CCC1. The van der Waals surface area contributed by atoms with Crippen LogP contribution < -0.4 is 0 Å². The lowest BCUT2D eigenvalue weighted by atomic mass is 9.71. The van der Waals surface area contributed by atoms with Gasteiger partial charge in [-0.3, -0.25) is 0 Å². The van der Waals surface area contributed by atoms with E-state index in [-0.39, 0.29) is 5.41 Å². The molecule has 1 aliphatic rings. The fourth-order valence-corrected chi connectivity index (χ4v) is 3.44. The van der Waals surface area contributed by atoms with Crippen molar-refractivity contribution in [2.75, 3.05) is 12.4 Å². The summed E-state index contributed by atoms with van der Waals surface area (Å²) < 4.78 is 1.12. The Balaban J connectivity index is 1.84. The highest BCUT2D eigenvalue weighted by Crippen LogP contribution is 2.44. The maximum Gasteiger partial charge on any atom is 0.149 e. The van der Waals surface area contributed by atoms with Gasteiger partial charge in [-0.1, -0.05) is 18.2 Å². The van der Waals surface area contributed by atoms with E-state index in [1.54, 1.807) is 23.1 Å². The van der Waals surface area contributed by atoms with Gasteiger partial charge < -0.3 is 5.11 Å². The number of thiazole rings is 1. The number of nitrogens with zero attached hydrogens (tertiary/aromatic N) is 1. The summed E-state index contributed by atoms with van der Waals surface area (Å²) in [5, 5.41) is 11.2. The second-order valence-corrected chi connectivity index (χ2v) is 5.72. The highest BCUT2D eigenvalue weighted by atomic mass is 32.2. The highest BCUT2D eigenvalue weighted by molar-refractivity contribution is 8.01. The average Bonchev–Trinajstić information content (AvgIpc) is 2.56. The molecule has 1 aliphatic carbocycles. The summed E-state index contributed by atoms with van der Waals surface area (Å²) in [5.74, 6) is 1.02. The Morgan fingerprint density at radius 1 is 1.62 bits per heavy atom. The molecule has 4 heteroatoms. The van der Waals surface area contributed by atoms with Crippen molar-refractivity contribution < 1.29 is 5.11 Å². The van der Waals surface area contributed by atoms with Crippen LogP contribution >= 0.6 is 23.1 Å². The van der Waals surface area contributed by atoms with Crippen molar-refractivity contribution >= 4 is 23.1 Å². The minimum Gasteiger partial charge on any atom is -0.396 e. The van der Waals surface area contributed by atoms with Crippen LogP contribution in [0.15, 0.2) is 15.9 Å². The molecule has 1 saturated carbocycles. The van der Waals surface area contributed by atoms with E-state index in [2.05, 4.69) is 4.98 Å². The van der Waals surface area contributed by atoms with Crippen LogP contribution in [0.4, 0.5) is 0 Å². The number of aliphatic hydroxyl groups is 1. The molecule has 0 aliphatic heterocycles. The predicted molar refractivity (Wildman–Crippen MR) is 56.2 cm³/mol. The van der Waals surface area contributed by atoms with Gasteiger partial charge in [0.1, 0.15) is 4.34 Å². The maximum atomic E-state index is 9.23. The Morgan fingerprint density at radius 2 is 2.46 bits per heavy atom. The molecule has 0 saturated heterocycles. The molecule has 2 rings (SSSR count). The molecule has 0 unspecified atom stereocenters. The zero-order valence-corrected chi connectivity index (χ0v) is 9.03. The van der Waals surface area contributed by atoms with Crippen molar-refractivity contribution in [3.63, 3.8) is 0 Å². The largest absolute Gasteiger partial charge is 0.396 e. The molecule has 1 fully saturated rings. The van der Waals surface area contributed by atoms with E-state index in [4.69, 9.17) is 0 Å². The second kappa shape index (κ2) is 3.98. The van der Waals surface area contributed by atoms with E-state index in [0.717, 1.165) is 10.1 Å². The molecule has 2 nitrogen and oxygen atoms in total. The summed E-state index contributed by atoms with van der Waals surface area (Å²) in [4.78, 5) is 4.21. The fraction of sp³-hybridized carbons (Fsp3) is 0.667. The number of aliphatic hydroxyl groups excluding tert-OH is 1. The Morgan fingerprint density at radius 3 is 2.92 bits per heavy atom. The molecule has 0 radical (unpaired) electrons. The first-order valence-corrected chi connectivity index (χ1v) is 6.34. The Hall–Kier alpha value is -0.0600. The monoisotopic (exact) mass is 215 g/mol. The average molecular weight is 215 g/mol. The number of aromatic nitrogens is 1. The molecule has 0 spiro atoms. The fourth-order valence-electron chi connectivity index (χ4n) is 1.52. The third-order valence-electron chi connectivity index (χ3n) is 2.66. The second-order valence-electron chi connectivity index (χ2n) is 3.60. The topological polar surface area (TPSA) is 33.1 Å². The zero-order chi connectivity index (χ0) is 9.15. The summed E-state index contributed by atoms with van der Waals surface area (Å²) in [7, 11) is 0. The Bertz CT molecular complexity index is 251. The van der Waals surface area contributed by atoms with E-state index in [9.17, 15) is 5.11 Å². The van der Waals surface area contributed by atoms with Crippen molar-refractivity contribution in [3.8, 4) is 0 Å². The smallest absolute Gasteiger partial charge is 0.149 e. The maximum absolute atomic E-state index is 9.23. The van der Waals surface area contributed by atoms with Crippen LogP contribution in [0, 0.1) is 5.41 Å². The predicted octanol–water partition coefficient (Wildman–Crippen LogP) is 2.40. The Labute approximate surface area is 86.4 Å². The van der Waals surface area contributed by atoms with Crippen molar-refractivity contribution in [1.82, 2.24) is 4.98 Å². The molecule has 1 aromatic rings. The van der Waals surface area contributed by atoms with Crippen LogP contribution in [0.25, 0.3) is 0 Å². The molecular formula is C9H13NOS2. The van der Waals surface area contributed by atoms with Crippen LogP contribution in [0.2, 0.25) is 0 Å². The molecular weight excluding hydrogens is 202 g/mol. The standard InChI is InChI=1S/C9H13NOS2/c11-6-9(2-1-3-9)7-13-8-10-4-5-12-8/h4-5,11H,1-3,6-7H2. The zero-order valence-electron chi connectivity index (χ0n) is 7.40. The van der Waals surface area contributed by atoms with Crippen LogP contribution in [-0.4, -0.2) is 22.5 Å². The summed E-state index contributed by atoms with van der Waals surface area (Å²) >= 11 is 3.46. The van der Waals surface area contributed by atoms with Crippen LogP contribution in [0.5, 0.6) is 0 Å². The van der Waals surface area contributed by atoms with E-state index < -0.39 is 0 Å². The molecule has 1 N–H and O–H groups in total. The number of rotatable bonds is 4. The van der Waals surface area contributed by atoms with Crippen LogP contribution in [0.1, 0.15) is 19.3 Å². The minimum atomic E-state index is 0.219. The first kappa shape index (κ1) is 9.49. The molecule has 0 bridgehead atoms.